The summed E-state index contributed by atoms with van der Waals surface area (Å²) in [6.45, 7) is 3.83. The average Bonchev–Trinajstić information content (AvgIpc) is 3.26. The van der Waals surface area contributed by atoms with Gasteiger partial charge in [-0.3, -0.25) is 9.36 Å². The Morgan fingerprint density at radius 3 is 2.39 bits per heavy atom. The molecule has 0 atom stereocenters. The van der Waals surface area contributed by atoms with Gasteiger partial charge in [-0.15, -0.1) is 10.2 Å². The van der Waals surface area contributed by atoms with Crippen molar-refractivity contribution in [2.45, 2.75) is 19.0 Å². The van der Waals surface area contributed by atoms with Crippen molar-refractivity contribution in [3.63, 3.8) is 0 Å². The van der Waals surface area contributed by atoms with Crippen molar-refractivity contribution in [3.05, 3.63) is 90.0 Å². The van der Waals surface area contributed by atoms with Crippen LogP contribution in [0, 0.1) is 6.92 Å². The molecule has 0 aliphatic rings. The molecular formula is C25H23N5O2S. The number of carbonyl (C=O) groups is 1. The summed E-state index contributed by atoms with van der Waals surface area (Å²) in [4.78, 5) is 12.4. The summed E-state index contributed by atoms with van der Waals surface area (Å²) in [5.41, 5.74) is 7.05. The van der Waals surface area contributed by atoms with Crippen molar-refractivity contribution < 1.29 is 9.90 Å². The van der Waals surface area contributed by atoms with Crippen LogP contribution >= 0.6 is 11.8 Å². The highest BCUT2D eigenvalue weighted by Gasteiger charge is 2.17. The third kappa shape index (κ3) is 5.48. The third-order valence-corrected chi connectivity index (χ3v) is 5.85. The fourth-order valence-corrected chi connectivity index (χ4v) is 3.88. The van der Waals surface area contributed by atoms with E-state index in [1.165, 1.54) is 11.8 Å². The van der Waals surface area contributed by atoms with Gasteiger partial charge in [0, 0.05) is 11.3 Å². The molecule has 0 fully saturated rings. The van der Waals surface area contributed by atoms with E-state index in [0.717, 1.165) is 22.4 Å². The van der Waals surface area contributed by atoms with E-state index in [4.69, 9.17) is 0 Å². The third-order valence-electron chi connectivity index (χ3n) is 4.92. The summed E-state index contributed by atoms with van der Waals surface area (Å²) in [6, 6.07) is 24.6. The van der Waals surface area contributed by atoms with E-state index >= 15 is 0 Å². The van der Waals surface area contributed by atoms with E-state index in [9.17, 15) is 9.90 Å². The van der Waals surface area contributed by atoms with E-state index in [0.29, 0.717) is 16.7 Å². The fraction of sp³-hybridized carbons (Fsp3) is 0.120. The van der Waals surface area contributed by atoms with E-state index in [1.54, 1.807) is 31.2 Å². The Bertz CT molecular complexity index is 1270. The number of aryl methyl sites for hydroxylation is 1. The first-order valence-corrected chi connectivity index (χ1v) is 11.3. The highest BCUT2D eigenvalue weighted by molar-refractivity contribution is 7.99. The Balaban J connectivity index is 1.51. The molecule has 0 unspecified atom stereocenters. The molecule has 0 saturated carbocycles. The Hall–Kier alpha value is -3.91. The normalized spacial score (nSPS) is 11.4. The Morgan fingerprint density at radius 2 is 1.70 bits per heavy atom. The monoisotopic (exact) mass is 457 g/mol. The van der Waals surface area contributed by atoms with Crippen LogP contribution in [-0.4, -0.2) is 37.2 Å². The van der Waals surface area contributed by atoms with Gasteiger partial charge in [0.15, 0.2) is 11.0 Å². The SMILES string of the molecule is C/C(=N/NC(=O)CSc1nnc(-c2ccccc2)n1-c1ccc(C)cc1)c1ccc(O)cc1. The fourth-order valence-electron chi connectivity index (χ4n) is 3.14. The summed E-state index contributed by atoms with van der Waals surface area (Å²) in [5, 5.41) is 22.9. The van der Waals surface area contributed by atoms with Crippen LogP contribution in [0.15, 0.2) is 89.1 Å². The molecule has 0 aliphatic heterocycles. The van der Waals surface area contributed by atoms with Crippen LogP contribution in [0.1, 0.15) is 18.1 Å². The maximum atomic E-state index is 12.4. The molecule has 1 heterocycles. The van der Waals surface area contributed by atoms with E-state index in [1.807, 2.05) is 66.1 Å². The summed E-state index contributed by atoms with van der Waals surface area (Å²) in [7, 11) is 0. The van der Waals surface area contributed by atoms with Crippen LogP contribution in [0.25, 0.3) is 17.1 Å². The molecular weight excluding hydrogens is 434 g/mol. The van der Waals surface area contributed by atoms with Crippen LogP contribution in [0.2, 0.25) is 0 Å². The second-order valence-electron chi connectivity index (χ2n) is 7.41. The predicted octanol–water partition coefficient (Wildman–Crippen LogP) is 4.58. The van der Waals surface area contributed by atoms with Crippen LogP contribution in [0.4, 0.5) is 0 Å². The maximum Gasteiger partial charge on any atom is 0.250 e. The predicted molar refractivity (Wildman–Crippen MR) is 131 cm³/mol. The average molecular weight is 458 g/mol. The van der Waals surface area contributed by atoms with Gasteiger partial charge in [0.05, 0.1) is 11.5 Å². The van der Waals surface area contributed by atoms with Gasteiger partial charge >= 0.3 is 0 Å². The first-order valence-electron chi connectivity index (χ1n) is 10.3. The van der Waals surface area contributed by atoms with Crippen molar-refractivity contribution in [3.8, 4) is 22.8 Å². The Labute approximate surface area is 196 Å². The number of hydrazone groups is 1. The lowest BCUT2D eigenvalue weighted by Crippen LogP contribution is -2.21. The number of phenolic OH excluding ortho intramolecular Hbond substituents is 1. The number of phenols is 1. The lowest BCUT2D eigenvalue weighted by atomic mass is 10.1. The topological polar surface area (TPSA) is 92.4 Å². The Morgan fingerprint density at radius 1 is 1.00 bits per heavy atom. The van der Waals surface area contributed by atoms with E-state index < -0.39 is 0 Å². The molecule has 4 aromatic rings. The number of nitrogens with zero attached hydrogens (tertiary/aromatic N) is 4. The molecule has 3 aromatic carbocycles. The summed E-state index contributed by atoms with van der Waals surface area (Å²) >= 11 is 1.29. The lowest BCUT2D eigenvalue weighted by molar-refractivity contribution is -0.118. The zero-order valence-corrected chi connectivity index (χ0v) is 19.1. The molecule has 1 aromatic heterocycles. The van der Waals surface area contributed by atoms with Crippen LogP contribution in [0.5, 0.6) is 5.75 Å². The van der Waals surface area contributed by atoms with Crippen molar-refractivity contribution in [2.75, 3.05) is 5.75 Å². The zero-order valence-electron chi connectivity index (χ0n) is 18.3. The smallest absolute Gasteiger partial charge is 0.250 e. The molecule has 7 nitrogen and oxygen atoms in total. The number of aromatic nitrogens is 3. The second kappa shape index (κ2) is 10.1. The van der Waals surface area contributed by atoms with Gasteiger partial charge in [-0.2, -0.15) is 5.10 Å². The molecule has 8 heteroatoms. The number of rotatable bonds is 7. The lowest BCUT2D eigenvalue weighted by Gasteiger charge is -2.10. The number of nitrogens with one attached hydrogen (secondary N) is 1. The molecule has 0 spiro atoms. The maximum absolute atomic E-state index is 12.4. The van der Waals surface area contributed by atoms with Crippen molar-refractivity contribution in [1.82, 2.24) is 20.2 Å². The van der Waals surface area contributed by atoms with Crippen LogP contribution in [-0.2, 0) is 4.79 Å². The molecule has 0 radical (unpaired) electrons. The molecule has 0 saturated heterocycles. The van der Waals surface area contributed by atoms with Crippen molar-refractivity contribution in [1.29, 1.82) is 0 Å². The summed E-state index contributed by atoms with van der Waals surface area (Å²) in [5.74, 6) is 0.770. The number of hydrogen-bond donors (Lipinski definition) is 2. The number of aromatic hydroxyl groups is 1. The quantitative estimate of drug-likeness (QED) is 0.241. The second-order valence-corrected chi connectivity index (χ2v) is 8.35. The number of benzene rings is 3. The molecule has 0 bridgehead atoms. The van der Waals surface area contributed by atoms with Crippen molar-refractivity contribution >= 4 is 23.4 Å². The van der Waals surface area contributed by atoms with Crippen molar-refractivity contribution in [2.24, 2.45) is 5.10 Å². The summed E-state index contributed by atoms with van der Waals surface area (Å²) < 4.78 is 1.96. The molecule has 2 N–H and O–H groups in total. The standard InChI is InChI=1S/C25H23N5O2S/c1-17-8-12-21(13-9-17)30-24(20-6-4-3-5-7-20)28-29-25(30)33-16-23(32)27-26-18(2)19-10-14-22(31)15-11-19/h3-15,31H,16H2,1-2H3,(H,27,32)/b26-18-. The first kappa shape index (κ1) is 22.3. The molecule has 4 rings (SSSR count). The Kier molecular flexibility index (Phi) is 6.85. The minimum Gasteiger partial charge on any atom is -0.508 e. The number of carbonyl (C=O) groups excluding carboxylic acids is 1. The number of thioether (sulfide) groups is 1. The number of hydrogen-bond acceptors (Lipinski definition) is 6. The van der Waals surface area contributed by atoms with Gasteiger partial charge in [-0.25, -0.2) is 5.43 Å². The molecule has 33 heavy (non-hydrogen) atoms. The van der Waals surface area contributed by atoms with Gasteiger partial charge in [-0.05, 0) is 55.8 Å². The summed E-state index contributed by atoms with van der Waals surface area (Å²) in [6.07, 6.45) is 0. The van der Waals surface area contributed by atoms with Gasteiger partial charge in [0.1, 0.15) is 5.75 Å². The highest BCUT2D eigenvalue weighted by atomic mass is 32.2. The molecule has 1 amide bonds. The van der Waals surface area contributed by atoms with Crippen LogP contribution < -0.4 is 5.43 Å². The van der Waals surface area contributed by atoms with E-state index in [-0.39, 0.29) is 17.4 Å². The van der Waals surface area contributed by atoms with Gasteiger partial charge in [0.25, 0.3) is 5.91 Å². The van der Waals surface area contributed by atoms with E-state index in [2.05, 4.69) is 20.7 Å². The van der Waals surface area contributed by atoms with Crippen LogP contribution in [0.3, 0.4) is 0 Å². The van der Waals surface area contributed by atoms with Gasteiger partial charge in [-0.1, -0.05) is 59.8 Å². The molecule has 0 aliphatic carbocycles. The highest BCUT2D eigenvalue weighted by Crippen LogP contribution is 2.28. The largest absolute Gasteiger partial charge is 0.508 e. The minimum absolute atomic E-state index is 0.130. The number of amides is 1. The molecule has 166 valence electrons. The minimum atomic E-state index is -0.252. The zero-order chi connectivity index (χ0) is 23.2. The first-order chi connectivity index (χ1) is 16.0. The van der Waals surface area contributed by atoms with Gasteiger partial charge in [0.2, 0.25) is 0 Å². The van der Waals surface area contributed by atoms with Gasteiger partial charge < -0.3 is 5.11 Å².